The first-order valence-corrected chi connectivity index (χ1v) is 35.2. The molecule has 0 aliphatic carbocycles. The maximum Gasteiger partial charge on any atom is 0.470 e. The maximum atomic E-state index is 15.4. The average molecular weight is 1570 g/mol. The van der Waals surface area contributed by atoms with Crippen LogP contribution in [0.1, 0.15) is 81.5 Å². The number of carbonyl (C=O) groups is 16. The summed E-state index contributed by atoms with van der Waals surface area (Å²) < 4.78 is 28.5. The molecule has 0 saturated carbocycles. The van der Waals surface area contributed by atoms with E-state index in [9.17, 15) is 107 Å². The number of hydrogen-bond donors (Lipinski definition) is 22. The number of hydrogen-bond acceptors (Lipinski definition) is 24. The molecular weight excluding hydrogens is 1480 g/mol. The van der Waals surface area contributed by atoms with E-state index >= 15 is 14.4 Å². The number of carboxylic acid groups (broad SMARTS) is 4. The first-order valence-electron chi connectivity index (χ1n) is 33.7. The van der Waals surface area contributed by atoms with Gasteiger partial charge in [0.2, 0.25) is 59.1 Å². The highest BCUT2D eigenvalue weighted by molar-refractivity contribution is 7.46. The number of H-pyrrole nitrogens is 2. The van der Waals surface area contributed by atoms with E-state index in [1.54, 1.807) is 55.5 Å². The molecule has 44 heteroatoms. The molecule has 594 valence electrons. The number of epoxide rings is 1. The minimum absolute atomic E-state index is 0.216. The van der Waals surface area contributed by atoms with Crippen LogP contribution in [0.3, 0.4) is 0 Å². The number of aromatic amines is 2. The summed E-state index contributed by atoms with van der Waals surface area (Å²) >= 11 is 0. The zero-order chi connectivity index (χ0) is 80.8. The Morgan fingerprint density at radius 1 is 0.609 bits per heavy atom. The molecule has 3 unspecified atom stereocenters. The number of nitrogens with two attached hydrogens (primary N) is 1. The quantitative estimate of drug-likeness (QED) is 0.0106. The number of amides is 11. The van der Waals surface area contributed by atoms with Crippen LogP contribution in [-0.4, -0.2) is 244 Å². The van der Waals surface area contributed by atoms with Crippen molar-refractivity contribution in [1.29, 1.82) is 0 Å². The maximum absolute atomic E-state index is 15.4. The molecule has 23 N–H and O–H groups in total. The first-order chi connectivity index (χ1) is 52.1. The Morgan fingerprint density at radius 2 is 1.11 bits per heavy atom. The van der Waals surface area contributed by atoms with Crippen molar-refractivity contribution in [3.8, 4) is 5.75 Å². The van der Waals surface area contributed by atoms with Gasteiger partial charge in [-0.05, 0) is 60.7 Å². The number of benzene rings is 3. The number of aliphatic carboxylic acids is 4. The molecule has 0 bridgehead atoms. The van der Waals surface area contributed by atoms with Crippen molar-refractivity contribution >= 4 is 124 Å². The van der Waals surface area contributed by atoms with Crippen LogP contribution in [-0.2, 0) is 113 Å². The smallest absolute Gasteiger partial charge is 0.470 e. The van der Waals surface area contributed by atoms with E-state index < -0.39 is 258 Å². The van der Waals surface area contributed by atoms with E-state index in [2.05, 4.69) is 52.0 Å². The lowest BCUT2D eigenvalue weighted by Crippen LogP contribution is -2.63. The van der Waals surface area contributed by atoms with Crippen LogP contribution < -0.4 is 64.4 Å². The summed E-state index contributed by atoms with van der Waals surface area (Å²) in [5, 5.41) is 85.4. The molecule has 43 nitrogen and oxygen atoms in total. The number of ether oxygens (including phenoxy) is 2. The fourth-order valence-corrected chi connectivity index (χ4v) is 12.1. The van der Waals surface area contributed by atoms with Crippen LogP contribution in [0, 0.1) is 0 Å². The minimum atomic E-state index is -5.81. The number of aliphatic hydroxyl groups excluding tert-OH is 1. The molecule has 2 aromatic heterocycles. The molecule has 2 aliphatic heterocycles. The molecule has 2 fully saturated rings. The van der Waals surface area contributed by atoms with Crippen molar-refractivity contribution in [2.45, 2.75) is 156 Å². The number of aromatic nitrogens is 2. The Balaban J connectivity index is 1.39. The number of nitrogens with one attached hydrogen (secondary N) is 13. The second kappa shape index (κ2) is 39.2. The van der Waals surface area contributed by atoms with Gasteiger partial charge in [-0.1, -0.05) is 61.9 Å². The molecule has 110 heavy (non-hydrogen) atoms. The lowest BCUT2D eigenvalue weighted by atomic mass is 10.0. The Labute approximate surface area is 621 Å². The lowest BCUT2D eigenvalue weighted by molar-refractivity contribution is -0.156. The number of para-hydroxylation sites is 2. The summed E-state index contributed by atoms with van der Waals surface area (Å²) in [6, 6.07) is -5.63. The van der Waals surface area contributed by atoms with E-state index in [1.165, 1.54) is 12.4 Å². The number of aliphatic hydroxyl groups is 1. The van der Waals surface area contributed by atoms with E-state index in [0.29, 0.717) is 34.6 Å². The molecular formula is C66H81N14O29P. The fraction of sp³-hybridized carbons (Fsp3) is 0.424. The van der Waals surface area contributed by atoms with E-state index in [-0.39, 0.29) is 16.7 Å². The van der Waals surface area contributed by atoms with Crippen LogP contribution in [0.2, 0.25) is 0 Å². The summed E-state index contributed by atoms with van der Waals surface area (Å²) in [5.74, 6) is -20.0. The van der Waals surface area contributed by atoms with Crippen molar-refractivity contribution in [1.82, 2.24) is 68.5 Å². The lowest BCUT2D eigenvalue weighted by Gasteiger charge is -2.30. The van der Waals surface area contributed by atoms with Gasteiger partial charge in [-0.3, -0.25) is 76.4 Å². The second-order valence-corrected chi connectivity index (χ2v) is 26.4. The number of phosphoric ester groups is 1. The summed E-state index contributed by atoms with van der Waals surface area (Å²) in [6.45, 7) is -0.977. The predicted molar refractivity (Wildman–Crippen MR) is 370 cm³/mol. The van der Waals surface area contributed by atoms with Gasteiger partial charge in [0.05, 0.1) is 45.1 Å². The topological polar surface area (TPSA) is 682 Å². The third-order valence-corrected chi connectivity index (χ3v) is 17.6. The highest BCUT2D eigenvalue weighted by Gasteiger charge is 2.46. The zero-order valence-corrected chi connectivity index (χ0v) is 59.2. The van der Waals surface area contributed by atoms with Gasteiger partial charge in [0.25, 0.3) is 5.91 Å². The van der Waals surface area contributed by atoms with Crippen molar-refractivity contribution in [3.63, 3.8) is 0 Å². The largest absolute Gasteiger partial charge is 0.508 e. The van der Waals surface area contributed by atoms with Gasteiger partial charge >= 0.3 is 37.7 Å². The molecule has 0 radical (unpaired) electrons. The summed E-state index contributed by atoms with van der Waals surface area (Å²) in [6.07, 6.45) is -9.70. The molecule has 0 spiro atoms. The second-order valence-electron chi connectivity index (χ2n) is 25.2. The average Bonchev–Trinajstić information content (AvgIpc) is 1.59. The van der Waals surface area contributed by atoms with Crippen LogP contribution in [0.5, 0.6) is 5.75 Å². The van der Waals surface area contributed by atoms with Gasteiger partial charge in [0, 0.05) is 53.5 Å². The van der Waals surface area contributed by atoms with Gasteiger partial charge in [0.1, 0.15) is 78.4 Å². The number of cyclic esters (lactones) is 1. The molecule has 3 aromatic carbocycles. The van der Waals surface area contributed by atoms with Crippen molar-refractivity contribution in [3.05, 3.63) is 102 Å². The highest BCUT2D eigenvalue weighted by atomic mass is 31.2. The molecule has 2 saturated heterocycles. The van der Waals surface area contributed by atoms with Crippen LogP contribution in [0.4, 0.5) is 0 Å². The number of phenols is 1. The number of phenolic OH excluding ortho intramolecular Hbond substituents is 1. The number of aromatic hydroxyl groups is 1. The van der Waals surface area contributed by atoms with Gasteiger partial charge in [-0.2, -0.15) is 0 Å². The summed E-state index contributed by atoms with van der Waals surface area (Å²) in [7, 11) is -5.81. The molecule has 14 atom stereocenters. The number of carboxylic acids is 4. The van der Waals surface area contributed by atoms with Gasteiger partial charge in [0.15, 0.2) is 6.10 Å². The number of fused-ring (bicyclic) bond motifs is 2. The van der Waals surface area contributed by atoms with Crippen molar-refractivity contribution < 1.29 is 141 Å². The van der Waals surface area contributed by atoms with Gasteiger partial charge in [-0.25, -0.2) is 15.3 Å². The van der Waals surface area contributed by atoms with Gasteiger partial charge < -0.3 is 123 Å². The third kappa shape index (κ3) is 24.8. The number of esters is 1. The number of carbonyl (C=O) groups excluding carboxylic acids is 12. The SMILES string of the molecule is CCCC1OC1C(=O)N[C@@H](CO)C(=O)N[C@H]1C(=O)N[C@H](Cc2c[nH]c3ccccc23)C(=O)N[C@@H](CC(=O)O)C(=O)N[C@@H](CC(=O)O)C(=O)N[C@H](c2ccc(O)cc2)C(=O)N[C@@H](CC(=O)O)C(=O)NCC(=O)N[C@H]([C@@H](CON)OP(=O)(O)O)C(=O)N[C@@H](CCC(=O)O)C(=O)NC(Cc2c[nH]c3ccccc23)C(=O)O[C@@H]1C. The van der Waals surface area contributed by atoms with E-state index in [1.807, 2.05) is 21.3 Å². The monoisotopic (exact) mass is 1560 g/mol. The highest BCUT2D eigenvalue weighted by Crippen LogP contribution is 2.38. The molecule has 11 amide bonds. The summed E-state index contributed by atoms with van der Waals surface area (Å²) in [5.41, 5.74) is 1.01. The molecule has 7 rings (SSSR count). The summed E-state index contributed by atoms with van der Waals surface area (Å²) in [4.78, 5) is 254. The molecule has 4 heterocycles. The minimum Gasteiger partial charge on any atom is -0.508 e. The van der Waals surface area contributed by atoms with Crippen molar-refractivity contribution in [2.75, 3.05) is 19.8 Å². The van der Waals surface area contributed by atoms with E-state index in [0.717, 1.165) is 31.2 Å². The normalized spacial score (nSPS) is 23.9. The van der Waals surface area contributed by atoms with Crippen LogP contribution in [0.25, 0.3) is 21.8 Å². The molecule has 2 aliphatic rings. The number of rotatable bonds is 26. The van der Waals surface area contributed by atoms with Crippen LogP contribution >= 0.6 is 7.82 Å². The Morgan fingerprint density at radius 3 is 1.65 bits per heavy atom. The molecule has 5 aromatic rings. The number of phosphoric acid groups is 1. The van der Waals surface area contributed by atoms with Crippen LogP contribution in [0.15, 0.2) is 85.2 Å². The Bertz CT molecular complexity index is 4320. The predicted octanol–water partition coefficient (Wildman–Crippen LogP) is -5.36. The Hall–Kier alpha value is -12.0. The van der Waals surface area contributed by atoms with Gasteiger partial charge in [-0.15, -0.1) is 0 Å². The zero-order valence-electron chi connectivity index (χ0n) is 58.3. The standard InChI is InChI=1S/C66H81N14O29P/c1-3-8-45-55(108-45)65(101)77-44(27-81)61(97)79-52-29(2)107-66(102)43(20-32-25-69-37-12-7-5-10-35(32)37)76-57(93)38(17-18-48(84)85)71-64(100)54(46(28-106-67)109-110(103,104)105)78-47(83)26-70-56(92)40(21-49(86)87)75-63(99)53(30-13-15-33(82)16-14-30)80-60(96)42(23-51(90)91)73-59(95)41(22-50(88)89)72-58(94)39(74-62(52)98)19-31-24-68-36-11-6-4-9-34(31)36/h4-7,9-16,24-25,29,38-46,52-55,68-69,81-82H,3,8,17-23,26-28,67H2,1-2H3,(H,70,92)(H,71,100)(H,72,94)(H,73,95)(H,74,98)(H,75,99)(H,76,93)(H,77,101)(H,78,83)(H,79,97)(H,80,96)(H,84,85)(H,86,87)(H,88,89)(H,90,91)(H2,103,104,105)/t29-,38+,39-,40+,41+,42+,43?,44+,45?,46-,52-,53-,54-,55?/m1/s1. The first kappa shape index (κ1) is 85.3. The third-order valence-electron chi connectivity index (χ3n) is 17.0. The van der Waals surface area contributed by atoms with E-state index in [4.69, 9.17) is 19.9 Å². The Kier molecular flexibility index (Phi) is 30.4. The van der Waals surface area contributed by atoms with Crippen molar-refractivity contribution in [2.24, 2.45) is 5.90 Å². The fourth-order valence-electron chi connectivity index (χ4n) is 11.5.